The van der Waals surface area contributed by atoms with Crippen LogP contribution in [0.15, 0.2) is 162 Å². The minimum absolute atomic E-state index is 0.0809. The number of anilines is 3. The largest absolute Gasteiger partial charge is 0.310 e. The van der Waals surface area contributed by atoms with E-state index < -0.39 is 0 Å². The lowest BCUT2D eigenvalue weighted by Crippen LogP contribution is -2.16. The molecule has 0 atom stereocenters. The van der Waals surface area contributed by atoms with Gasteiger partial charge in [0, 0.05) is 26.9 Å². The maximum Gasteiger partial charge on any atom is 0.0468 e. The first-order valence-corrected chi connectivity index (χ1v) is 16.3. The first kappa shape index (κ1) is 27.6. The Balaban J connectivity index is 1.27. The Bertz CT molecular complexity index is 2200. The summed E-state index contributed by atoms with van der Waals surface area (Å²) in [4.78, 5) is 2.39. The first-order valence-electron chi connectivity index (χ1n) is 15.5. The minimum atomic E-state index is -0.0809. The van der Waals surface area contributed by atoms with Crippen LogP contribution in [0.2, 0.25) is 0 Å². The zero-order valence-corrected chi connectivity index (χ0v) is 26.9. The molecule has 0 fully saturated rings. The van der Waals surface area contributed by atoms with E-state index in [0.29, 0.717) is 0 Å². The van der Waals surface area contributed by atoms with Gasteiger partial charge in [0.1, 0.15) is 0 Å². The smallest absolute Gasteiger partial charge is 0.0468 e. The van der Waals surface area contributed by atoms with Crippen LogP contribution in [0.5, 0.6) is 0 Å². The summed E-state index contributed by atoms with van der Waals surface area (Å²) >= 11 is 3.83. The molecule has 1 aliphatic carbocycles. The summed E-state index contributed by atoms with van der Waals surface area (Å²) in [5.74, 6) is 0. The van der Waals surface area contributed by atoms with Gasteiger partial charge in [0.25, 0.3) is 0 Å². The third-order valence-corrected chi connectivity index (χ3v) is 10.0. The highest BCUT2D eigenvalue weighted by atomic mass is 79.9. The van der Waals surface area contributed by atoms with Crippen molar-refractivity contribution in [1.82, 2.24) is 0 Å². The number of halogens is 1. The molecule has 0 spiro atoms. The van der Waals surface area contributed by atoms with Crippen molar-refractivity contribution in [1.29, 1.82) is 0 Å². The Morgan fingerprint density at radius 2 is 1.04 bits per heavy atom. The van der Waals surface area contributed by atoms with Gasteiger partial charge in [-0.25, -0.2) is 0 Å². The second-order valence-electron chi connectivity index (χ2n) is 12.4. The topological polar surface area (TPSA) is 3.24 Å². The maximum absolute atomic E-state index is 3.83. The molecule has 0 aromatic heterocycles. The van der Waals surface area contributed by atoms with E-state index in [0.717, 1.165) is 21.5 Å². The molecule has 2 heteroatoms. The van der Waals surface area contributed by atoms with E-state index in [4.69, 9.17) is 0 Å². The van der Waals surface area contributed by atoms with Gasteiger partial charge in [0.2, 0.25) is 0 Å². The van der Waals surface area contributed by atoms with Gasteiger partial charge in [0.05, 0.1) is 0 Å². The van der Waals surface area contributed by atoms with E-state index in [9.17, 15) is 0 Å². The fourth-order valence-corrected chi connectivity index (χ4v) is 7.42. The van der Waals surface area contributed by atoms with Crippen LogP contribution >= 0.6 is 15.9 Å². The zero-order chi connectivity index (χ0) is 30.5. The zero-order valence-electron chi connectivity index (χ0n) is 25.3. The van der Waals surface area contributed by atoms with Gasteiger partial charge in [-0.05, 0) is 104 Å². The predicted octanol–water partition coefficient (Wildman–Crippen LogP) is 12.7. The summed E-state index contributed by atoms with van der Waals surface area (Å²) < 4.78 is 1.08. The van der Waals surface area contributed by atoms with Crippen LogP contribution < -0.4 is 4.90 Å². The van der Waals surface area contributed by atoms with Crippen LogP contribution in [0, 0.1) is 0 Å². The van der Waals surface area contributed by atoms with E-state index >= 15 is 0 Å². The van der Waals surface area contributed by atoms with Gasteiger partial charge >= 0.3 is 0 Å². The van der Waals surface area contributed by atoms with Crippen molar-refractivity contribution < 1.29 is 0 Å². The van der Waals surface area contributed by atoms with Gasteiger partial charge in [-0.3, -0.25) is 0 Å². The quantitative estimate of drug-likeness (QED) is 0.181. The van der Waals surface area contributed by atoms with Crippen molar-refractivity contribution in [3.63, 3.8) is 0 Å². The summed E-state index contributed by atoms with van der Waals surface area (Å²) in [6.07, 6.45) is 0. The normalized spacial score (nSPS) is 13.0. The Morgan fingerprint density at radius 3 is 1.87 bits per heavy atom. The highest BCUT2D eigenvalue weighted by molar-refractivity contribution is 9.10. The molecule has 0 bridgehead atoms. The lowest BCUT2D eigenvalue weighted by atomic mass is 9.82. The van der Waals surface area contributed by atoms with Crippen molar-refractivity contribution in [2.24, 2.45) is 0 Å². The minimum Gasteiger partial charge on any atom is -0.310 e. The fraction of sp³-hybridized carbons (Fsp3) is 0.0698. The van der Waals surface area contributed by atoms with Crippen LogP contribution in [-0.2, 0) is 5.41 Å². The van der Waals surface area contributed by atoms with Crippen LogP contribution in [0.25, 0.3) is 44.2 Å². The van der Waals surface area contributed by atoms with Crippen LogP contribution in [0.3, 0.4) is 0 Å². The van der Waals surface area contributed by atoms with E-state index in [1.54, 1.807) is 0 Å². The lowest BCUT2D eigenvalue weighted by molar-refractivity contribution is 0.660. The Hall–Kier alpha value is -4.92. The molecule has 0 saturated carbocycles. The van der Waals surface area contributed by atoms with Gasteiger partial charge in [-0.2, -0.15) is 0 Å². The molecule has 1 aliphatic rings. The molecule has 45 heavy (non-hydrogen) atoms. The van der Waals surface area contributed by atoms with E-state index in [1.165, 1.54) is 55.3 Å². The number of nitrogens with zero attached hydrogens (tertiary/aromatic N) is 1. The molecule has 0 amide bonds. The molecule has 7 aromatic carbocycles. The monoisotopic (exact) mass is 641 g/mol. The molecule has 0 radical (unpaired) electrons. The van der Waals surface area contributed by atoms with Gasteiger partial charge in [-0.15, -0.1) is 0 Å². The van der Waals surface area contributed by atoms with Crippen LogP contribution in [0.4, 0.5) is 17.1 Å². The average molecular weight is 643 g/mol. The Morgan fingerprint density at radius 1 is 0.422 bits per heavy atom. The Kier molecular flexibility index (Phi) is 6.69. The second-order valence-corrected chi connectivity index (χ2v) is 13.2. The van der Waals surface area contributed by atoms with E-state index in [2.05, 4.69) is 192 Å². The van der Waals surface area contributed by atoms with Crippen molar-refractivity contribution in [3.05, 3.63) is 173 Å². The van der Waals surface area contributed by atoms with Gasteiger partial charge in [0.15, 0.2) is 0 Å². The molecular weight excluding hydrogens is 610 g/mol. The molecule has 0 unspecified atom stereocenters. The van der Waals surface area contributed by atoms with Crippen molar-refractivity contribution in [3.8, 4) is 33.4 Å². The molecule has 0 heterocycles. The standard InChI is InChI=1S/C43H32BrN/c1-43(2)40-15-9-8-14-37(40)38-24-22-36(28-41(38)43)45(35-23-25-42(44)39(27-35)31-11-4-3-5-12-31)34-20-18-30(19-21-34)33-17-16-29-10-6-7-13-32(29)26-33/h3-28H,1-2H3. The fourth-order valence-electron chi connectivity index (χ4n) is 6.94. The van der Waals surface area contributed by atoms with Crippen molar-refractivity contribution in [2.75, 3.05) is 4.90 Å². The first-order chi connectivity index (χ1) is 22.0. The molecule has 1 nitrogen and oxygen atoms in total. The number of hydrogen-bond acceptors (Lipinski definition) is 1. The van der Waals surface area contributed by atoms with Gasteiger partial charge < -0.3 is 4.90 Å². The van der Waals surface area contributed by atoms with E-state index in [-0.39, 0.29) is 5.41 Å². The number of rotatable bonds is 5. The second kappa shape index (κ2) is 10.9. The summed E-state index contributed by atoms with van der Waals surface area (Å²) in [5, 5.41) is 2.51. The maximum atomic E-state index is 3.83. The predicted molar refractivity (Wildman–Crippen MR) is 195 cm³/mol. The highest BCUT2D eigenvalue weighted by Crippen LogP contribution is 2.51. The number of fused-ring (bicyclic) bond motifs is 4. The van der Waals surface area contributed by atoms with Crippen LogP contribution in [-0.4, -0.2) is 0 Å². The Labute approximate surface area is 273 Å². The highest BCUT2D eigenvalue weighted by Gasteiger charge is 2.35. The van der Waals surface area contributed by atoms with Gasteiger partial charge in [-0.1, -0.05) is 139 Å². The molecule has 0 aliphatic heterocycles. The lowest BCUT2D eigenvalue weighted by Gasteiger charge is -2.29. The summed E-state index contributed by atoms with van der Waals surface area (Å²) in [6, 6.07) is 57.3. The molecule has 7 aromatic rings. The third kappa shape index (κ3) is 4.77. The summed E-state index contributed by atoms with van der Waals surface area (Å²) in [7, 11) is 0. The molecule has 216 valence electrons. The molecule has 0 N–H and O–H groups in total. The van der Waals surface area contributed by atoms with Crippen LogP contribution in [0.1, 0.15) is 25.0 Å². The van der Waals surface area contributed by atoms with E-state index in [1.807, 2.05) is 0 Å². The average Bonchev–Trinajstić information content (AvgIpc) is 3.32. The van der Waals surface area contributed by atoms with Crippen molar-refractivity contribution in [2.45, 2.75) is 19.3 Å². The van der Waals surface area contributed by atoms with Crippen molar-refractivity contribution >= 4 is 43.8 Å². The third-order valence-electron chi connectivity index (χ3n) is 9.33. The SMILES string of the molecule is CC1(C)c2ccccc2-c2ccc(N(c3ccc(-c4ccc5ccccc5c4)cc3)c3ccc(Br)c(-c4ccccc4)c3)cc21. The number of hydrogen-bond donors (Lipinski definition) is 0. The summed E-state index contributed by atoms with van der Waals surface area (Å²) in [6.45, 7) is 4.69. The number of benzene rings is 7. The molecule has 0 saturated heterocycles. The molecule has 8 rings (SSSR count). The molecular formula is C43H32BrN. The summed E-state index contributed by atoms with van der Waals surface area (Å²) in [5.41, 5.74) is 13.5.